The van der Waals surface area contributed by atoms with Gasteiger partial charge in [-0.3, -0.25) is 4.79 Å². The quantitative estimate of drug-likeness (QED) is 0.910. The molecule has 17 heavy (non-hydrogen) atoms. The molecule has 0 bridgehead atoms. The number of nitrogens with zero attached hydrogens (tertiary/aromatic N) is 1. The van der Waals surface area contributed by atoms with Crippen molar-refractivity contribution in [2.45, 2.75) is 13.3 Å². The van der Waals surface area contributed by atoms with E-state index in [1.54, 1.807) is 18.2 Å². The highest BCUT2D eigenvalue weighted by Gasteiger charge is 2.13. The van der Waals surface area contributed by atoms with Crippen LogP contribution in [0.3, 0.4) is 0 Å². The van der Waals surface area contributed by atoms with Crippen LogP contribution >= 0.6 is 11.6 Å². The zero-order valence-electron chi connectivity index (χ0n) is 9.24. The summed E-state index contributed by atoms with van der Waals surface area (Å²) in [6.07, 6.45) is 3.70. The Morgan fingerprint density at radius 3 is 3.06 bits per heavy atom. The normalized spacial score (nSPS) is 10.2. The van der Waals surface area contributed by atoms with E-state index in [9.17, 15) is 4.79 Å². The monoisotopic (exact) mass is 250 g/mol. The molecule has 0 fully saturated rings. The van der Waals surface area contributed by atoms with Crippen molar-refractivity contribution >= 4 is 23.3 Å². The van der Waals surface area contributed by atoms with Gasteiger partial charge in [0.15, 0.2) is 0 Å². The summed E-state index contributed by atoms with van der Waals surface area (Å²) in [4.78, 5) is 15.9. The summed E-state index contributed by atoms with van der Waals surface area (Å²) in [5.41, 5.74) is 0.522. The Hall–Kier alpha value is -1.81. The fourth-order valence-corrected chi connectivity index (χ4v) is 1.63. The third-order valence-electron chi connectivity index (χ3n) is 2.27. The van der Waals surface area contributed by atoms with Crippen LogP contribution in [0.15, 0.2) is 35.1 Å². The van der Waals surface area contributed by atoms with E-state index in [2.05, 4.69) is 10.3 Å². The number of nitrogens with one attached hydrogen (secondary N) is 1. The van der Waals surface area contributed by atoms with E-state index in [0.29, 0.717) is 28.6 Å². The largest absolute Gasteiger partial charge is 0.469 e. The molecule has 0 saturated heterocycles. The second kappa shape index (κ2) is 5.01. The highest BCUT2D eigenvalue weighted by Crippen LogP contribution is 2.15. The van der Waals surface area contributed by atoms with Gasteiger partial charge in [0, 0.05) is 17.6 Å². The molecule has 0 atom stereocenters. The summed E-state index contributed by atoms with van der Waals surface area (Å²) in [6, 6.07) is 4.87. The standard InChI is InChI=1S/C12H11ClN2O2/c1-2-10-9(4-6-17-10)12(16)15-11-7-8(13)3-5-14-11/h3-7H,2H2,1H3,(H,14,15,16). The molecule has 0 saturated carbocycles. The lowest BCUT2D eigenvalue weighted by Crippen LogP contribution is -2.13. The van der Waals surface area contributed by atoms with Crippen LogP contribution in [-0.2, 0) is 6.42 Å². The fourth-order valence-electron chi connectivity index (χ4n) is 1.47. The van der Waals surface area contributed by atoms with Gasteiger partial charge in [0.05, 0.1) is 11.8 Å². The number of aromatic nitrogens is 1. The third kappa shape index (κ3) is 2.65. The molecule has 0 aliphatic carbocycles. The molecule has 0 aliphatic rings. The lowest BCUT2D eigenvalue weighted by Gasteiger charge is -2.03. The predicted molar refractivity (Wildman–Crippen MR) is 65.3 cm³/mol. The fraction of sp³-hybridized carbons (Fsp3) is 0.167. The van der Waals surface area contributed by atoms with Crippen molar-refractivity contribution < 1.29 is 9.21 Å². The first-order valence-corrected chi connectivity index (χ1v) is 5.57. The van der Waals surface area contributed by atoms with E-state index < -0.39 is 0 Å². The Kier molecular flexibility index (Phi) is 3.44. The van der Waals surface area contributed by atoms with Crippen molar-refractivity contribution in [3.63, 3.8) is 0 Å². The molecule has 4 nitrogen and oxygen atoms in total. The Morgan fingerprint density at radius 2 is 2.35 bits per heavy atom. The van der Waals surface area contributed by atoms with E-state index in [-0.39, 0.29) is 5.91 Å². The number of pyridine rings is 1. The van der Waals surface area contributed by atoms with Crippen molar-refractivity contribution in [3.8, 4) is 0 Å². The smallest absolute Gasteiger partial charge is 0.260 e. The van der Waals surface area contributed by atoms with Crippen molar-refractivity contribution in [2.24, 2.45) is 0 Å². The SMILES string of the molecule is CCc1occc1C(=O)Nc1cc(Cl)ccn1. The van der Waals surface area contributed by atoms with Gasteiger partial charge in [0.1, 0.15) is 11.6 Å². The highest BCUT2D eigenvalue weighted by atomic mass is 35.5. The van der Waals surface area contributed by atoms with Crippen LogP contribution in [0.5, 0.6) is 0 Å². The summed E-state index contributed by atoms with van der Waals surface area (Å²) in [5.74, 6) is 0.834. The molecule has 1 N–H and O–H groups in total. The first kappa shape index (κ1) is 11.7. The Bertz CT molecular complexity index is 537. The third-order valence-corrected chi connectivity index (χ3v) is 2.51. The van der Waals surface area contributed by atoms with Gasteiger partial charge >= 0.3 is 0 Å². The summed E-state index contributed by atoms with van der Waals surface area (Å²) in [5, 5.41) is 3.19. The van der Waals surface area contributed by atoms with Crippen LogP contribution in [0.1, 0.15) is 23.0 Å². The molecular weight excluding hydrogens is 240 g/mol. The lowest BCUT2D eigenvalue weighted by molar-refractivity contribution is 0.102. The first-order valence-electron chi connectivity index (χ1n) is 5.20. The van der Waals surface area contributed by atoms with Crippen molar-refractivity contribution in [3.05, 3.63) is 47.0 Å². The van der Waals surface area contributed by atoms with Gasteiger partial charge in [-0.1, -0.05) is 18.5 Å². The molecule has 88 valence electrons. The van der Waals surface area contributed by atoms with Crippen LogP contribution < -0.4 is 5.32 Å². The molecule has 1 amide bonds. The molecule has 0 spiro atoms. The minimum atomic E-state index is -0.245. The van der Waals surface area contributed by atoms with Gasteiger partial charge < -0.3 is 9.73 Å². The average molecular weight is 251 g/mol. The Morgan fingerprint density at radius 1 is 1.53 bits per heavy atom. The number of halogens is 1. The van der Waals surface area contributed by atoms with E-state index in [1.807, 2.05) is 6.92 Å². The number of hydrogen-bond donors (Lipinski definition) is 1. The van der Waals surface area contributed by atoms with Crippen LogP contribution in [-0.4, -0.2) is 10.9 Å². The van der Waals surface area contributed by atoms with Gasteiger partial charge in [-0.05, 0) is 18.2 Å². The van der Waals surface area contributed by atoms with Crippen LogP contribution in [0.2, 0.25) is 5.02 Å². The summed E-state index contributed by atoms with van der Waals surface area (Å²) in [7, 11) is 0. The maximum Gasteiger partial charge on any atom is 0.260 e. The molecule has 2 aromatic heterocycles. The molecule has 5 heteroatoms. The number of hydrogen-bond acceptors (Lipinski definition) is 3. The molecule has 2 rings (SSSR count). The van der Waals surface area contributed by atoms with Crippen LogP contribution in [0.25, 0.3) is 0 Å². The van der Waals surface area contributed by atoms with Gasteiger partial charge in [0.2, 0.25) is 0 Å². The van der Waals surface area contributed by atoms with Crippen molar-refractivity contribution in [1.29, 1.82) is 0 Å². The molecule has 2 heterocycles. The average Bonchev–Trinajstić information content (AvgIpc) is 2.77. The molecule has 0 aromatic carbocycles. The first-order chi connectivity index (χ1) is 8.20. The maximum atomic E-state index is 11.9. The van der Waals surface area contributed by atoms with Crippen molar-refractivity contribution in [2.75, 3.05) is 5.32 Å². The summed E-state index contributed by atoms with van der Waals surface area (Å²) >= 11 is 5.80. The number of carbonyl (C=O) groups excluding carboxylic acids is 1. The zero-order valence-corrected chi connectivity index (χ0v) is 9.99. The second-order valence-electron chi connectivity index (χ2n) is 3.42. The molecule has 0 radical (unpaired) electrons. The van der Waals surface area contributed by atoms with E-state index >= 15 is 0 Å². The number of carbonyl (C=O) groups is 1. The molecule has 2 aromatic rings. The van der Waals surface area contributed by atoms with Crippen LogP contribution in [0, 0.1) is 0 Å². The summed E-state index contributed by atoms with van der Waals surface area (Å²) < 4.78 is 5.19. The molecular formula is C12H11ClN2O2. The number of rotatable bonds is 3. The van der Waals surface area contributed by atoms with Gasteiger partial charge in [-0.25, -0.2) is 4.98 Å². The second-order valence-corrected chi connectivity index (χ2v) is 3.86. The zero-order chi connectivity index (χ0) is 12.3. The number of anilines is 1. The minimum absolute atomic E-state index is 0.245. The van der Waals surface area contributed by atoms with Gasteiger partial charge in [-0.15, -0.1) is 0 Å². The summed E-state index contributed by atoms with van der Waals surface area (Å²) in [6.45, 7) is 1.92. The van der Waals surface area contributed by atoms with Crippen LogP contribution in [0.4, 0.5) is 5.82 Å². The minimum Gasteiger partial charge on any atom is -0.469 e. The van der Waals surface area contributed by atoms with E-state index in [4.69, 9.17) is 16.0 Å². The molecule has 0 unspecified atom stereocenters. The predicted octanol–water partition coefficient (Wildman–Crippen LogP) is 3.14. The van der Waals surface area contributed by atoms with Crippen molar-refractivity contribution in [1.82, 2.24) is 4.98 Å². The van der Waals surface area contributed by atoms with E-state index in [1.165, 1.54) is 12.5 Å². The molecule has 0 aliphatic heterocycles. The lowest BCUT2D eigenvalue weighted by atomic mass is 10.2. The number of amides is 1. The van der Waals surface area contributed by atoms with Gasteiger partial charge in [0.25, 0.3) is 5.91 Å². The Balaban J connectivity index is 2.17. The van der Waals surface area contributed by atoms with E-state index in [0.717, 1.165) is 0 Å². The number of furan rings is 1. The highest BCUT2D eigenvalue weighted by molar-refractivity contribution is 6.30. The Labute approximate surface area is 104 Å². The maximum absolute atomic E-state index is 11.9. The topological polar surface area (TPSA) is 55.1 Å². The van der Waals surface area contributed by atoms with Gasteiger partial charge in [-0.2, -0.15) is 0 Å². The number of aryl methyl sites for hydroxylation is 1.